The zero-order valence-electron chi connectivity index (χ0n) is 12.1. The van der Waals surface area contributed by atoms with Crippen molar-refractivity contribution < 1.29 is 19.2 Å². The normalized spacial score (nSPS) is 18.6. The van der Waals surface area contributed by atoms with E-state index in [4.69, 9.17) is 9.57 Å². The Labute approximate surface area is 123 Å². The molecule has 1 aliphatic carbocycles. The van der Waals surface area contributed by atoms with E-state index >= 15 is 0 Å². The lowest BCUT2D eigenvalue weighted by atomic mass is 10.0. The average molecular weight is 289 g/mol. The molecule has 1 aromatic carbocycles. The van der Waals surface area contributed by atoms with Gasteiger partial charge in [0, 0.05) is 30.8 Å². The Balaban J connectivity index is 1.89. The van der Waals surface area contributed by atoms with Crippen molar-refractivity contribution in [2.45, 2.75) is 31.7 Å². The number of benzene rings is 1. The Hall–Kier alpha value is -1.72. The van der Waals surface area contributed by atoms with Crippen LogP contribution in [0, 0.1) is 0 Å². The lowest BCUT2D eigenvalue weighted by Crippen LogP contribution is -2.43. The van der Waals surface area contributed by atoms with Crippen molar-refractivity contribution in [3.05, 3.63) is 34.9 Å². The minimum absolute atomic E-state index is 0.0317. The molecule has 0 bridgehead atoms. The van der Waals surface area contributed by atoms with Crippen molar-refractivity contribution in [1.82, 2.24) is 5.06 Å². The van der Waals surface area contributed by atoms with Crippen molar-refractivity contribution in [2.24, 2.45) is 0 Å². The zero-order valence-corrected chi connectivity index (χ0v) is 12.1. The van der Waals surface area contributed by atoms with Gasteiger partial charge in [-0.25, -0.2) is 5.06 Å². The second kappa shape index (κ2) is 5.95. The Morgan fingerprint density at radius 3 is 2.76 bits per heavy atom. The van der Waals surface area contributed by atoms with Gasteiger partial charge in [-0.3, -0.25) is 14.4 Å². The highest BCUT2D eigenvalue weighted by atomic mass is 16.7. The fraction of sp³-hybridized carbons (Fsp3) is 0.500. The molecular formula is C16H19NO4. The second-order valence-corrected chi connectivity index (χ2v) is 5.41. The first-order valence-electron chi connectivity index (χ1n) is 7.33. The number of Topliss-reactive ketones (excluding diaryl/α,β-unsaturated/α-hetero) is 1. The van der Waals surface area contributed by atoms with Crippen molar-refractivity contribution in [1.29, 1.82) is 0 Å². The molecule has 1 aromatic rings. The van der Waals surface area contributed by atoms with Crippen LogP contribution in [0.3, 0.4) is 0 Å². The Kier molecular flexibility index (Phi) is 4.03. The first-order chi connectivity index (χ1) is 10.2. The lowest BCUT2D eigenvalue weighted by molar-refractivity contribution is -0.141. The van der Waals surface area contributed by atoms with Gasteiger partial charge in [0.2, 0.25) is 0 Å². The summed E-state index contributed by atoms with van der Waals surface area (Å²) in [6, 6.07) is 5.38. The first-order valence-corrected chi connectivity index (χ1v) is 7.33. The van der Waals surface area contributed by atoms with E-state index in [0.717, 1.165) is 18.4 Å². The number of hydroxylamine groups is 2. The summed E-state index contributed by atoms with van der Waals surface area (Å²) in [5.74, 6) is -0.0365. The minimum Gasteiger partial charge on any atom is -0.381 e. The molecule has 0 atom stereocenters. The van der Waals surface area contributed by atoms with E-state index in [1.54, 1.807) is 18.2 Å². The average Bonchev–Trinajstić information content (AvgIpc) is 2.91. The maximum absolute atomic E-state index is 12.8. The quantitative estimate of drug-likeness (QED) is 0.799. The van der Waals surface area contributed by atoms with Gasteiger partial charge in [-0.05, 0) is 30.9 Å². The summed E-state index contributed by atoms with van der Waals surface area (Å²) in [6.45, 7) is 1.28. The van der Waals surface area contributed by atoms with Gasteiger partial charge in [-0.2, -0.15) is 0 Å². The van der Waals surface area contributed by atoms with Gasteiger partial charge in [0.05, 0.1) is 13.2 Å². The SMILES string of the molecule is CON(C(=O)c1cccc2c1CCC2=O)C1CCOCC1. The topological polar surface area (TPSA) is 55.8 Å². The molecule has 1 aliphatic heterocycles. The zero-order chi connectivity index (χ0) is 14.8. The molecular weight excluding hydrogens is 270 g/mol. The third-order valence-electron chi connectivity index (χ3n) is 4.23. The number of ketones is 1. The van der Waals surface area contributed by atoms with E-state index in [1.807, 2.05) is 0 Å². The number of carbonyl (C=O) groups is 2. The van der Waals surface area contributed by atoms with Crippen LogP contribution in [-0.2, 0) is 16.0 Å². The molecule has 21 heavy (non-hydrogen) atoms. The molecule has 3 rings (SSSR count). The van der Waals surface area contributed by atoms with E-state index < -0.39 is 0 Å². The minimum atomic E-state index is -0.157. The fourth-order valence-electron chi connectivity index (χ4n) is 3.13. The number of fused-ring (bicyclic) bond motifs is 1. The Morgan fingerprint density at radius 2 is 2.05 bits per heavy atom. The van der Waals surface area contributed by atoms with Crippen LogP contribution >= 0.6 is 0 Å². The van der Waals surface area contributed by atoms with Crippen molar-refractivity contribution in [3.8, 4) is 0 Å². The molecule has 0 saturated carbocycles. The van der Waals surface area contributed by atoms with E-state index in [2.05, 4.69) is 0 Å². The molecule has 1 amide bonds. The number of rotatable bonds is 3. The number of carbonyl (C=O) groups excluding carboxylic acids is 2. The van der Waals surface area contributed by atoms with E-state index in [1.165, 1.54) is 12.2 Å². The van der Waals surface area contributed by atoms with Gasteiger partial charge in [-0.15, -0.1) is 0 Å². The molecule has 1 heterocycles. The molecule has 0 spiro atoms. The van der Waals surface area contributed by atoms with Crippen LogP contribution in [0.15, 0.2) is 18.2 Å². The van der Waals surface area contributed by atoms with Gasteiger partial charge in [0.25, 0.3) is 5.91 Å². The van der Waals surface area contributed by atoms with Gasteiger partial charge in [-0.1, -0.05) is 12.1 Å². The van der Waals surface area contributed by atoms with Gasteiger partial charge >= 0.3 is 0 Å². The van der Waals surface area contributed by atoms with Crippen molar-refractivity contribution in [2.75, 3.05) is 20.3 Å². The monoisotopic (exact) mass is 289 g/mol. The maximum atomic E-state index is 12.8. The van der Waals surface area contributed by atoms with Crippen LogP contribution in [0.1, 0.15) is 45.5 Å². The summed E-state index contributed by atoms with van der Waals surface area (Å²) >= 11 is 0. The van der Waals surface area contributed by atoms with E-state index in [9.17, 15) is 9.59 Å². The van der Waals surface area contributed by atoms with Crippen LogP contribution in [0.25, 0.3) is 0 Å². The van der Waals surface area contributed by atoms with E-state index in [-0.39, 0.29) is 17.7 Å². The molecule has 5 heteroatoms. The number of amides is 1. The predicted octanol–water partition coefficient (Wildman–Crippen LogP) is 2.00. The first kappa shape index (κ1) is 14.2. The number of nitrogens with zero attached hydrogens (tertiary/aromatic N) is 1. The van der Waals surface area contributed by atoms with Crippen molar-refractivity contribution in [3.63, 3.8) is 0 Å². The molecule has 1 fully saturated rings. The Bertz CT molecular complexity index is 563. The van der Waals surface area contributed by atoms with Gasteiger partial charge in [0.1, 0.15) is 0 Å². The summed E-state index contributed by atoms with van der Waals surface area (Å²) < 4.78 is 5.33. The third-order valence-corrected chi connectivity index (χ3v) is 4.23. The summed E-state index contributed by atoms with van der Waals surface area (Å²) in [7, 11) is 1.52. The largest absolute Gasteiger partial charge is 0.381 e. The third kappa shape index (κ3) is 2.59. The predicted molar refractivity (Wildman–Crippen MR) is 76.1 cm³/mol. The van der Waals surface area contributed by atoms with Gasteiger partial charge in [0.15, 0.2) is 5.78 Å². The second-order valence-electron chi connectivity index (χ2n) is 5.41. The van der Waals surface area contributed by atoms with Crippen molar-refractivity contribution >= 4 is 11.7 Å². The molecule has 1 saturated heterocycles. The summed E-state index contributed by atoms with van der Waals surface area (Å²) in [4.78, 5) is 29.9. The highest BCUT2D eigenvalue weighted by Gasteiger charge is 2.31. The number of ether oxygens (including phenoxy) is 1. The summed E-state index contributed by atoms with van der Waals surface area (Å²) in [5, 5.41) is 1.45. The Morgan fingerprint density at radius 1 is 1.29 bits per heavy atom. The molecule has 112 valence electrons. The molecule has 0 unspecified atom stereocenters. The van der Waals surface area contributed by atoms with Gasteiger partial charge < -0.3 is 4.74 Å². The molecule has 0 aromatic heterocycles. The highest BCUT2D eigenvalue weighted by molar-refractivity contribution is 6.05. The van der Waals surface area contributed by atoms with Crippen LogP contribution in [0.5, 0.6) is 0 Å². The standard InChI is InChI=1S/C16H19NO4/c1-20-17(11-7-9-21-10-8-11)16(19)14-4-2-3-13-12(14)5-6-15(13)18/h2-4,11H,5-10H2,1H3. The van der Waals surface area contributed by atoms with Crippen LogP contribution < -0.4 is 0 Å². The molecule has 0 N–H and O–H groups in total. The molecule has 2 aliphatic rings. The van der Waals surface area contributed by atoms with E-state index in [0.29, 0.717) is 37.2 Å². The summed E-state index contributed by atoms with van der Waals surface area (Å²) in [6.07, 6.45) is 2.67. The lowest BCUT2D eigenvalue weighted by Gasteiger charge is -2.32. The molecule has 0 radical (unpaired) electrons. The number of hydrogen-bond donors (Lipinski definition) is 0. The summed E-state index contributed by atoms with van der Waals surface area (Å²) in [5.41, 5.74) is 2.14. The van der Waals surface area contributed by atoms with Crippen LogP contribution in [0.2, 0.25) is 0 Å². The number of hydrogen-bond acceptors (Lipinski definition) is 4. The smallest absolute Gasteiger partial charge is 0.277 e. The molecule has 5 nitrogen and oxygen atoms in total. The highest BCUT2D eigenvalue weighted by Crippen LogP contribution is 2.27. The van der Waals surface area contributed by atoms with Crippen LogP contribution in [-0.4, -0.2) is 43.1 Å². The fourth-order valence-corrected chi connectivity index (χ4v) is 3.13. The van der Waals surface area contributed by atoms with Crippen LogP contribution in [0.4, 0.5) is 0 Å². The maximum Gasteiger partial charge on any atom is 0.277 e.